The van der Waals surface area contributed by atoms with Crippen molar-refractivity contribution >= 4 is 38.6 Å². The van der Waals surface area contributed by atoms with E-state index in [1.807, 2.05) is 13.0 Å². The van der Waals surface area contributed by atoms with E-state index in [4.69, 9.17) is 4.55 Å². The fourth-order valence-corrected chi connectivity index (χ4v) is 7.99. The largest absolute Gasteiger partial charge is 0.446 e. The monoisotopic (exact) mass is 518 g/mol. The Morgan fingerprint density at radius 3 is 2.86 bits per heavy atom. The van der Waals surface area contributed by atoms with E-state index in [0.717, 1.165) is 36.1 Å². The maximum atomic E-state index is 13.2. The molecule has 188 valence electrons. The maximum absolute atomic E-state index is 13.2. The summed E-state index contributed by atoms with van der Waals surface area (Å²) in [6, 6.07) is 5.20. The van der Waals surface area contributed by atoms with Gasteiger partial charge in [-0.15, -0.1) is 11.3 Å². The molecular formula is C25H30N2O6S2. The molecule has 2 saturated carbocycles. The summed E-state index contributed by atoms with van der Waals surface area (Å²) in [5.41, 5.74) is 1.87. The molecule has 1 amide bonds. The summed E-state index contributed by atoms with van der Waals surface area (Å²) in [4.78, 5) is 31.0. The quantitative estimate of drug-likeness (QED) is 0.531. The molecular weight excluding hydrogens is 488 g/mol. The maximum Gasteiger partial charge on any atom is 0.446 e. The third-order valence-electron chi connectivity index (χ3n) is 8.35. The standard InChI is InChI=1S/C25H30N2O6S2/c1-14-13-26-24(34-14)27-22(29)8-4-16-12-21(28)25(2)10-9-19-18-7-5-17(33-35(30,31)32)11-15(18)3-6-20(19)23(16)25/h5,7,11,13,16,19-20,23H,3-4,6,8-10,12H2,1-2H3,(H,26,27,29)(H,30,31,32)/t16-,19?,20?,23?,25-/m1/s1. The van der Waals surface area contributed by atoms with Crippen molar-refractivity contribution in [1.29, 1.82) is 0 Å². The molecule has 10 heteroatoms. The highest BCUT2D eigenvalue weighted by atomic mass is 32.3. The predicted octanol–water partition coefficient (Wildman–Crippen LogP) is 4.70. The van der Waals surface area contributed by atoms with E-state index in [0.29, 0.717) is 36.1 Å². The molecule has 3 aliphatic carbocycles. The van der Waals surface area contributed by atoms with Crippen molar-refractivity contribution in [3.05, 3.63) is 40.4 Å². The number of hydrogen-bond acceptors (Lipinski definition) is 7. The molecule has 1 aromatic carbocycles. The molecule has 5 rings (SSSR count). The SMILES string of the molecule is Cc1cnc(NC(=O)CC[C@@H]2CC(=O)[C@@]3(C)CCC4c5ccc(OS(=O)(=O)O)cc5CCC4C23)s1. The Morgan fingerprint density at radius 1 is 1.34 bits per heavy atom. The molecule has 0 aliphatic heterocycles. The summed E-state index contributed by atoms with van der Waals surface area (Å²) in [5, 5.41) is 3.49. The van der Waals surface area contributed by atoms with Crippen LogP contribution in [0.25, 0.3) is 0 Å². The van der Waals surface area contributed by atoms with Crippen LogP contribution in [0.4, 0.5) is 5.13 Å². The van der Waals surface area contributed by atoms with Crippen LogP contribution in [0.1, 0.15) is 67.4 Å². The fraction of sp³-hybridized carbons (Fsp3) is 0.560. The van der Waals surface area contributed by atoms with Gasteiger partial charge in [-0.25, -0.2) is 4.98 Å². The third-order valence-corrected chi connectivity index (χ3v) is 9.58. The first-order chi connectivity index (χ1) is 16.5. The molecule has 1 heterocycles. The number of benzene rings is 1. The van der Waals surface area contributed by atoms with E-state index in [9.17, 15) is 18.0 Å². The van der Waals surface area contributed by atoms with Gasteiger partial charge in [0, 0.05) is 29.3 Å². The van der Waals surface area contributed by atoms with Crippen molar-refractivity contribution in [1.82, 2.24) is 4.98 Å². The van der Waals surface area contributed by atoms with Gasteiger partial charge in [-0.1, -0.05) is 13.0 Å². The van der Waals surface area contributed by atoms with E-state index in [2.05, 4.69) is 21.4 Å². The number of carbonyl (C=O) groups is 2. The van der Waals surface area contributed by atoms with Crippen LogP contribution >= 0.6 is 11.3 Å². The van der Waals surface area contributed by atoms with Gasteiger partial charge in [0.1, 0.15) is 11.5 Å². The Balaban J connectivity index is 1.33. The average Bonchev–Trinajstić information content (AvgIpc) is 3.30. The number of aryl methyl sites for hydroxylation is 2. The molecule has 0 spiro atoms. The highest BCUT2D eigenvalue weighted by Crippen LogP contribution is 2.62. The minimum Gasteiger partial charge on any atom is -0.362 e. The Bertz CT molecular complexity index is 1270. The topological polar surface area (TPSA) is 123 Å². The number of amides is 1. The second kappa shape index (κ2) is 8.97. The van der Waals surface area contributed by atoms with Gasteiger partial charge in [0.2, 0.25) is 5.91 Å². The van der Waals surface area contributed by atoms with E-state index in [1.54, 1.807) is 18.3 Å². The molecule has 5 atom stereocenters. The van der Waals surface area contributed by atoms with Crippen molar-refractivity contribution in [3.63, 3.8) is 0 Å². The summed E-state index contributed by atoms with van der Waals surface area (Å²) in [6.07, 6.45) is 6.71. The molecule has 2 fully saturated rings. The van der Waals surface area contributed by atoms with Gasteiger partial charge in [-0.2, -0.15) is 8.42 Å². The van der Waals surface area contributed by atoms with Gasteiger partial charge < -0.3 is 9.50 Å². The van der Waals surface area contributed by atoms with Gasteiger partial charge in [0.15, 0.2) is 5.13 Å². The summed E-state index contributed by atoms with van der Waals surface area (Å²) < 4.78 is 35.9. The lowest BCUT2D eigenvalue weighted by atomic mass is 9.54. The average molecular weight is 519 g/mol. The summed E-state index contributed by atoms with van der Waals surface area (Å²) in [7, 11) is -4.57. The molecule has 0 saturated heterocycles. The molecule has 3 unspecified atom stereocenters. The molecule has 0 radical (unpaired) electrons. The van der Waals surface area contributed by atoms with E-state index in [-0.39, 0.29) is 34.8 Å². The minimum absolute atomic E-state index is 0.0619. The zero-order valence-electron chi connectivity index (χ0n) is 19.8. The van der Waals surface area contributed by atoms with Crippen LogP contribution in [0.15, 0.2) is 24.4 Å². The number of thiazole rings is 1. The first kappa shape index (κ1) is 24.4. The van der Waals surface area contributed by atoms with Crippen LogP contribution in [0.3, 0.4) is 0 Å². The van der Waals surface area contributed by atoms with E-state index in [1.165, 1.54) is 16.9 Å². The van der Waals surface area contributed by atoms with Gasteiger partial charge in [0.05, 0.1) is 0 Å². The van der Waals surface area contributed by atoms with Gasteiger partial charge in [0.25, 0.3) is 0 Å². The first-order valence-corrected chi connectivity index (χ1v) is 14.3. The molecule has 3 aliphatic rings. The number of hydrogen-bond donors (Lipinski definition) is 2. The lowest BCUT2D eigenvalue weighted by Crippen LogP contribution is -2.44. The first-order valence-electron chi connectivity index (χ1n) is 12.1. The van der Waals surface area contributed by atoms with Gasteiger partial charge in [-0.05, 0) is 86.0 Å². The number of carbonyl (C=O) groups excluding carboxylic acids is 2. The van der Waals surface area contributed by atoms with Crippen LogP contribution in [0, 0.1) is 30.1 Å². The molecule has 2 N–H and O–H groups in total. The normalized spacial score (nSPS) is 29.7. The number of anilines is 1. The smallest absolute Gasteiger partial charge is 0.362 e. The number of aromatic nitrogens is 1. The Morgan fingerprint density at radius 2 is 2.14 bits per heavy atom. The molecule has 8 nitrogen and oxygen atoms in total. The lowest BCUT2D eigenvalue weighted by Gasteiger charge is -2.50. The van der Waals surface area contributed by atoms with Crippen LogP contribution in [-0.4, -0.2) is 29.6 Å². The van der Waals surface area contributed by atoms with Crippen LogP contribution in [0.2, 0.25) is 0 Å². The number of fused-ring (bicyclic) bond motifs is 5. The second-order valence-corrected chi connectivity index (χ2v) is 12.7. The number of ketones is 1. The van der Waals surface area contributed by atoms with Crippen molar-refractivity contribution in [2.24, 2.45) is 23.2 Å². The minimum atomic E-state index is -4.57. The Kier molecular flexibility index (Phi) is 6.26. The molecule has 35 heavy (non-hydrogen) atoms. The van der Waals surface area contributed by atoms with Crippen LogP contribution in [-0.2, 0) is 26.4 Å². The number of nitrogens with zero attached hydrogens (tertiary/aromatic N) is 1. The van der Waals surface area contributed by atoms with Crippen molar-refractivity contribution < 1.29 is 26.7 Å². The molecule has 1 aromatic heterocycles. The summed E-state index contributed by atoms with van der Waals surface area (Å²) in [6.45, 7) is 4.07. The third kappa shape index (κ3) is 4.75. The Labute approximate surface area is 209 Å². The van der Waals surface area contributed by atoms with E-state index < -0.39 is 10.4 Å². The lowest BCUT2D eigenvalue weighted by molar-refractivity contribution is -0.129. The number of nitrogens with one attached hydrogen (secondary N) is 1. The highest BCUT2D eigenvalue weighted by molar-refractivity contribution is 7.81. The van der Waals surface area contributed by atoms with Crippen molar-refractivity contribution in [2.45, 2.75) is 64.7 Å². The summed E-state index contributed by atoms with van der Waals surface area (Å²) in [5.74, 6) is 1.41. The van der Waals surface area contributed by atoms with Crippen LogP contribution < -0.4 is 9.50 Å². The van der Waals surface area contributed by atoms with Gasteiger partial charge >= 0.3 is 10.4 Å². The van der Waals surface area contributed by atoms with Crippen molar-refractivity contribution in [2.75, 3.05) is 5.32 Å². The summed E-state index contributed by atoms with van der Waals surface area (Å²) >= 11 is 1.45. The zero-order valence-corrected chi connectivity index (χ0v) is 21.5. The number of rotatable bonds is 6. The van der Waals surface area contributed by atoms with E-state index >= 15 is 0 Å². The second-order valence-electron chi connectivity index (χ2n) is 10.4. The van der Waals surface area contributed by atoms with Gasteiger partial charge in [-0.3, -0.25) is 14.1 Å². The predicted molar refractivity (Wildman–Crippen MR) is 132 cm³/mol. The molecule has 0 bridgehead atoms. The molecule has 2 aromatic rings. The Hall–Kier alpha value is -2.30. The zero-order chi connectivity index (χ0) is 25.0. The number of Topliss-reactive ketones (excluding diaryl/α,β-unsaturated/α-hetero) is 1. The van der Waals surface area contributed by atoms with Crippen LogP contribution in [0.5, 0.6) is 5.75 Å². The fourth-order valence-electron chi connectivity index (χ4n) is 6.97. The highest BCUT2D eigenvalue weighted by Gasteiger charge is 2.58. The van der Waals surface area contributed by atoms with Crippen molar-refractivity contribution in [3.8, 4) is 5.75 Å².